The number of amides is 1. The lowest BCUT2D eigenvalue weighted by atomic mass is 10.1. The van der Waals surface area contributed by atoms with E-state index in [0.717, 1.165) is 40.2 Å². The Morgan fingerprint density at radius 1 is 1.02 bits per heavy atom. The van der Waals surface area contributed by atoms with Crippen molar-refractivity contribution < 1.29 is 23.0 Å². The molecule has 0 radical (unpaired) electrons. The molecule has 250 valence electrons. The third-order valence-corrected chi connectivity index (χ3v) is 9.19. The van der Waals surface area contributed by atoms with Gasteiger partial charge in [-0.25, -0.2) is 33.4 Å². The fraction of sp³-hybridized carbons (Fsp3) is 0.314. The molecule has 1 amide bonds. The molecule has 6 aromatic rings. The topological polar surface area (TPSA) is 116 Å². The number of aryl methyl sites for hydroxylation is 1. The maximum Gasteiger partial charge on any atom is 0.245 e. The summed E-state index contributed by atoms with van der Waals surface area (Å²) in [7, 11) is 1.78. The van der Waals surface area contributed by atoms with E-state index in [-0.39, 0.29) is 17.7 Å². The molecule has 2 aliphatic heterocycles. The Kier molecular flexibility index (Phi) is 7.66. The van der Waals surface area contributed by atoms with E-state index in [1.54, 1.807) is 11.9 Å². The van der Waals surface area contributed by atoms with Crippen LogP contribution in [0, 0.1) is 18.6 Å². The molecule has 2 aliphatic rings. The van der Waals surface area contributed by atoms with Gasteiger partial charge >= 0.3 is 0 Å². The molecule has 0 unspecified atom stereocenters. The van der Waals surface area contributed by atoms with E-state index < -0.39 is 23.8 Å². The van der Waals surface area contributed by atoms with Gasteiger partial charge in [-0.05, 0) is 38.1 Å². The van der Waals surface area contributed by atoms with E-state index in [0.29, 0.717) is 55.4 Å². The molecule has 1 fully saturated rings. The first-order valence-electron chi connectivity index (χ1n) is 16.2. The van der Waals surface area contributed by atoms with Crippen LogP contribution in [0.1, 0.15) is 19.2 Å². The molecule has 0 N–H and O–H groups in total. The van der Waals surface area contributed by atoms with E-state index >= 15 is 0 Å². The number of aromatic nitrogens is 7. The van der Waals surface area contributed by atoms with Gasteiger partial charge in [-0.3, -0.25) is 4.79 Å². The minimum atomic E-state index is -0.782. The molecule has 8 rings (SSSR count). The highest BCUT2D eigenvalue weighted by Gasteiger charge is 2.42. The lowest BCUT2D eigenvalue weighted by Crippen LogP contribution is -2.47. The number of ether oxygens (including phenoxy) is 2. The number of pyridine rings is 1. The lowest BCUT2D eigenvalue weighted by Gasteiger charge is -2.31. The number of rotatable bonds is 4. The average Bonchev–Trinajstić information content (AvgIpc) is 3.79. The molecule has 4 aromatic heterocycles. The summed E-state index contributed by atoms with van der Waals surface area (Å²) in [5, 5.41) is 4.88. The summed E-state index contributed by atoms with van der Waals surface area (Å²) >= 11 is 0. The van der Waals surface area contributed by atoms with Gasteiger partial charge in [0.05, 0.1) is 47.5 Å². The van der Waals surface area contributed by atoms with Gasteiger partial charge in [-0.1, -0.05) is 18.2 Å². The SMILES string of the molecule is CCO[C@H]1CN(C)C(=O)[C@@H]2C[C@@H](CN2c2ncnc3c2cnn3-c2ccc(F)cc2F)Oc2cccc(n2)-c2cccc3nc(C)n(c23)C1. The second kappa shape index (κ2) is 12.2. The molecular weight excluding hydrogens is 632 g/mol. The third-order valence-electron chi connectivity index (χ3n) is 9.19. The van der Waals surface area contributed by atoms with Crippen LogP contribution in [0.3, 0.4) is 0 Å². The van der Waals surface area contributed by atoms with Crippen molar-refractivity contribution in [3.8, 4) is 22.8 Å². The van der Waals surface area contributed by atoms with Crippen LogP contribution < -0.4 is 9.64 Å². The Hall–Kier alpha value is -5.50. The summed E-state index contributed by atoms with van der Waals surface area (Å²) in [6, 6.07) is 14.3. The first-order valence-corrected chi connectivity index (χ1v) is 16.2. The lowest BCUT2D eigenvalue weighted by molar-refractivity contribution is -0.133. The van der Waals surface area contributed by atoms with Crippen molar-refractivity contribution in [2.45, 2.75) is 45.1 Å². The molecule has 4 bridgehead atoms. The Morgan fingerprint density at radius 2 is 1.88 bits per heavy atom. The summed E-state index contributed by atoms with van der Waals surface area (Å²) in [5.74, 6) is 0.0950. The van der Waals surface area contributed by atoms with Crippen LogP contribution in [0.4, 0.5) is 14.6 Å². The molecule has 12 nitrogen and oxygen atoms in total. The number of halogens is 2. The molecule has 49 heavy (non-hydrogen) atoms. The van der Waals surface area contributed by atoms with Crippen molar-refractivity contribution in [2.75, 3.05) is 31.6 Å². The second-order valence-corrected chi connectivity index (χ2v) is 12.3. The van der Waals surface area contributed by atoms with Crippen molar-refractivity contribution >= 4 is 33.8 Å². The minimum Gasteiger partial charge on any atom is -0.472 e. The number of nitrogens with zero attached hydrogens (tertiary/aromatic N) is 9. The highest BCUT2D eigenvalue weighted by Crippen LogP contribution is 2.35. The third kappa shape index (κ3) is 5.41. The largest absolute Gasteiger partial charge is 0.472 e. The Balaban J connectivity index is 1.22. The first kappa shape index (κ1) is 30.8. The maximum absolute atomic E-state index is 14.8. The van der Waals surface area contributed by atoms with Crippen LogP contribution in [0.5, 0.6) is 5.88 Å². The molecule has 2 aromatic carbocycles. The number of anilines is 1. The molecule has 1 saturated heterocycles. The van der Waals surface area contributed by atoms with Crippen molar-refractivity contribution in [3.63, 3.8) is 0 Å². The fourth-order valence-corrected chi connectivity index (χ4v) is 7.03. The quantitative estimate of drug-likeness (QED) is 0.264. The van der Waals surface area contributed by atoms with Crippen molar-refractivity contribution in [1.29, 1.82) is 0 Å². The number of likely N-dealkylation sites (N-methyl/N-ethyl adjacent to an activating group) is 1. The predicted octanol–water partition coefficient (Wildman–Crippen LogP) is 4.72. The van der Waals surface area contributed by atoms with E-state index in [2.05, 4.69) is 19.6 Å². The minimum absolute atomic E-state index is 0.0392. The standard InChI is InChI=1S/C35H33F2N9O3/c1-4-48-23-16-43(3)35(47)30-14-22(49-31-10-6-8-27(42-31)24-7-5-9-28-32(24)44(18-23)20(2)41-28)17-45(30)33-25-15-40-46(34(25)39-19-38-33)29-12-11-21(36)13-26(29)37/h5-13,15,19,22-23,30H,4,14,16-18H2,1-3H3/t22-,23-,30-/m0/s1. The van der Waals surface area contributed by atoms with Gasteiger partial charge in [0.15, 0.2) is 11.5 Å². The highest BCUT2D eigenvalue weighted by atomic mass is 19.1. The van der Waals surface area contributed by atoms with Crippen LogP contribution >= 0.6 is 0 Å². The summed E-state index contributed by atoms with van der Waals surface area (Å²) in [5.41, 5.74) is 3.81. The monoisotopic (exact) mass is 665 g/mol. The Bertz CT molecular complexity index is 2220. The fourth-order valence-electron chi connectivity index (χ4n) is 7.03. The van der Waals surface area contributed by atoms with Gasteiger partial charge in [0.25, 0.3) is 0 Å². The normalized spacial score (nSPS) is 19.7. The zero-order valence-corrected chi connectivity index (χ0v) is 27.1. The number of hydrogen-bond acceptors (Lipinski definition) is 9. The van der Waals surface area contributed by atoms with E-state index in [1.807, 2.05) is 55.1 Å². The van der Waals surface area contributed by atoms with Gasteiger partial charge in [0, 0.05) is 44.3 Å². The van der Waals surface area contributed by atoms with E-state index in [1.165, 1.54) is 23.3 Å². The van der Waals surface area contributed by atoms with Gasteiger partial charge < -0.3 is 23.8 Å². The molecule has 0 spiro atoms. The van der Waals surface area contributed by atoms with Crippen molar-refractivity contribution in [1.82, 2.24) is 39.2 Å². The van der Waals surface area contributed by atoms with E-state index in [4.69, 9.17) is 19.4 Å². The smallest absolute Gasteiger partial charge is 0.245 e. The Morgan fingerprint density at radius 3 is 2.71 bits per heavy atom. The number of imidazole rings is 1. The zero-order chi connectivity index (χ0) is 33.8. The predicted molar refractivity (Wildman–Crippen MR) is 177 cm³/mol. The number of carbonyl (C=O) groups is 1. The van der Waals surface area contributed by atoms with Gasteiger partial charge in [0.2, 0.25) is 11.8 Å². The zero-order valence-electron chi connectivity index (χ0n) is 27.1. The summed E-state index contributed by atoms with van der Waals surface area (Å²) in [4.78, 5) is 36.7. The maximum atomic E-state index is 14.8. The molecule has 6 heterocycles. The highest BCUT2D eigenvalue weighted by molar-refractivity contribution is 5.93. The van der Waals surface area contributed by atoms with Crippen LogP contribution in [-0.4, -0.2) is 90.1 Å². The van der Waals surface area contributed by atoms with Crippen molar-refractivity contribution in [3.05, 3.63) is 84.6 Å². The molecule has 14 heteroatoms. The summed E-state index contributed by atoms with van der Waals surface area (Å²) in [6.45, 7) is 5.50. The van der Waals surface area contributed by atoms with Crippen LogP contribution in [0.15, 0.2) is 67.1 Å². The van der Waals surface area contributed by atoms with Gasteiger partial charge in [-0.2, -0.15) is 5.10 Å². The van der Waals surface area contributed by atoms with Gasteiger partial charge in [-0.15, -0.1) is 0 Å². The molecular formula is C35H33F2N9O3. The van der Waals surface area contributed by atoms with Crippen LogP contribution in [0.25, 0.3) is 39.0 Å². The summed E-state index contributed by atoms with van der Waals surface area (Å²) < 4.78 is 44.7. The van der Waals surface area contributed by atoms with Crippen LogP contribution in [-0.2, 0) is 16.1 Å². The molecule has 0 aliphatic carbocycles. The van der Waals surface area contributed by atoms with E-state index in [9.17, 15) is 13.6 Å². The Labute approximate surface area is 279 Å². The van der Waals surface area contributed by atoms with Crippen molar-refractivity contribution in [2.24, 2.45) is 0 Å². The van der Waals surface area contributed by atoms with Crippen LogP contribution in [0.2, 0.25) is 0 Å². The number of para-hydroxylation sites is 1. The number of hydrogen-bond donors (Lipinski definition) is 0. The first-order chi connectivity index (χ1) is 23.8. The number of fused-ring (bicyclic) bond motifs is 6. The number of carbonyl (C=O) groups excluding carboxylic acids is 1. The van der Waals surface area contributed by atoms with Gasteiger partial charge in [0.1, 0.15) is 41.6 Å². The molecule has 3 atom stereocenters. The second-order valence-electron chi connectivity index (χ2n) is 12.3. The number of benzene rings is 2. The summed E-state index contributed by atoms with van der Waals surface area (Å²) in [6.07, 6.45) is 2.49. The molecule has 0 saturated carbocycles. The average molecular weight is 666 g/mol.